The summed E-state index contributed by atoms with van der Waals surface area (Å²) < 4.78 is 1.58. The van der Waals surface area contributed by atoms with E-state index >= 15 is 0 Å². The van der Waals surface area contributed by atoms with Crippen molar-refractivity contribution in [1.29, 1.82) is 0 Å². The number of hydrogen-bond acceptors (Lipinski definition) is 5. The zero-order valence-corrected chi connectivity index (χ0v) is 14.4. The van der Waals surface area contributed by atoms with Crippen LogP contribution in [0, 0.1) is 0 Å². The minimum Gasteiger partial charge on any atom is -0.345 e. The van der Waals surface area contributed by atoms with Crippen molar-refractivity contribution in [1.82, 2.24) is 30.4 Å². The number of tetrazole rings is 1. The van der Waals surface area contributed by atoms with Crippen molar-refractivity contribution in [3.8, 4) is 0 Å². The summed E-state index contributed by atoms with van der Waals surface area (Å²) in [7, 11) is 2.01. The monoisotopic (exact) mass is 328 g/mol. The van der Waals surface area contributed by atoms with E-state index in [1.54, 1.807) is 4.68 Å². The first kappa shape index (κ1) is 16.6. The third kappa shape index (κ3) is 3.62. The molecule has 7 nitrogen and oxygen atoms in total. The molecule has 0 bridgehead atoms. The van der Waals surface area contributed by atoms with Crippen LogP contribution in [0.3, 0.4) is 0 Å². The van der Waals surface area contributed by atoms with Crippen LogP contribution in [0.1, 0.15) is 38.1 Å². The van der Waals surface area contributed by atoms with Gasteiger partial charge in [0.25, 0.3) is 0 Å². The van der Waals surface area contributed by atoms with Crippen LogP contribution < -0.4 is 5.32 Å². The molecule has 0 unspecified atom stereocenters. The summed E-state index contributed by atoms with van der Waals surface area (Å²) in [5, 5.41) is 14.9. The summed E-state index contributed by atoms with van der Waals surface area (Å²) in [5.74, 6) is 0.642. The van der Waals surface area contributed by atoms with Crippen LogP contribution >= 0.6 is 0 Å². The molecule has 1 aliphatic rings. The fourth-order valence-corrected chi connectivity index (χ4v) is 2.68. The number of carbonyl (C=O) groups is 1. The zero-order chi connectivity index (χ0) is 17.2. The van der Waals surface area contributed by atoms with E-state index in [-0.39, 0.29) is 18.0 Å². The highest BCUT2D eigenvalue weighted by Crippen LogP contribution is 2.45. The molecule has 1 N–H and O–H groups in total. The Labute approximate surface area is 142 Å². The van der Waals surface area contributed by atoms with Gasteiger partial charge >= 0.3 is 0 Å². The molecule has 7 heteroatoms. The van der Waals surface area contributed by atoms with Crippen LogP contribution in [-0.4, -0.2) is 44.1 Å². The molecular formula is C17H24N6O. The van der Waals surface area contributed by atoms with Gasteiger partial charge in [-0.25, -0.2) is 4.68 Å². The van der Waals surface area contributed by atoms with Crippen molar-refractivity contribution in [3.63, 3.8) is 0 Å². The van der Waals surface area contributed by atoms with Crippen molar-refractivity contribution in [2.45, 2.75) is 51.4 Å². The first-order valence-electron chi connectivity index (χ1n) is 8.32. The van der Waals surface area contributed by atoms with E-state index in [4.69, 9.17) is 0 Å². The maximum atomic E-state index is 12.5. The molecular weight excluding hydrogens is 304 g/mol. The number of benzene rings is 1. The van der Waals surface area contributed by atoms with E-state index in [0.29, 0.717) is 18.4 Å². The van der Waals surface area contributed by atoms with Gasteiger partial charge in [-0.2, -0.15) is 0 Å². The third-order valence-electron chi connectivity index (χ3n) is 4.63. The smallest absolute Gasteiger partial charge is 0.242 e. The Morgan fingerprint density at radius 2 is 2.04 bits per heavy atom. The number of aromatic nitrogens is 4. The summed E-state index contributed by atoms with van der Waals surface area (Å²) in [6, 6.07) is 10.5. The van der Waals surface area contributed by atoms with E-state index < -0.39 is 0 Å². The lowest BCUT2D eigenvalue weighted by Gasteiger charge is -2.20. The van der Waals surface area contributed by atoms with Gasteiger partial charge < -0.3 is 5.32 Å². The molecule has 0 atom stereocenters. The molecule has 128 valence electrons. The quantitative estimate of drug-likeness (QED) is 0.829. The van der Waals surface area contributed by atoms with Crippen LogP contribution in [0.2, 0.25) is 0 Å². The van der Waals surface area contributed by atoms with Crippen LogP contribution in [0.15, 0.2) is 30.3 Å². The molecule has 0 saturated heterocycles. The van der Waals surface area contributed by atoms with E-state index in [0.717, 1.165) is 18.4 Å². The maximum Gasteiger partial charge on any atom is 0.242 e. The lowest BCUT2D eigenvalue weighted by molar-refractivity contribution is -0.123. The molecule has 1 saturated carbocycles. The standard InChI is InChI=1S/C17H24N6O/c1-13(2)22(3)11-15-19-20-21-23(15)12-16(24)18-17(9-10-17)14-7-5-4-6-8-14/h4-8,13H,9-12H2,1-3H3,(H,18,24). The summed E-state index contributed by atoms with van der Waals surface area (Å²) in [6.45, 7) is 4.97. The van der Waals surface area contributed by atoms with E-state index in [1.807, 2.05) is 25.2 Å². The first-order chi connectivity index (χ1) is 11.5. The molecule has 1 fully saturated rings. The molecule has 1 aromatic heterocycles. The number of carbonyl (C=O) groups excluding carboxylic acids is 1. The predicted octanol–water partition coefficient (Wildman–Crippen LogP) is 1.32. The Morgan fingerprint density at radius 3 is 2.67 bits per heavy atom. The lowest BCUT2D eigenvalue weighted by atomic mass is 10.1. The number of hydrogen-bond donors (Lipinski definition) is 1. The fourth-order valence-electron chi connectivity index (χ4n) is 2.68. The average molecular weight is 328 g/mol. The summed E-state index contributed by atoms with van der Waals surface area (Å²) in [6.07, 6.45) is 1.95. The second-order valence-corrected chi connectivity index (χ2v) is 6.76. The molecule has 0 radical (unpaired) electrons. The Morgan fingerprint density at radius 1 is 1.33 bits per heavy atom. The number of nitrogens with one attached hydrogen (secondary N) is 1. The first-order valence-corrected chi connectivity index (χ1v) is 8.32. The van der Waals surface area contributed by atoms with Gasteiger partial charge in [-0.1, -0.05) is 30.3 Å². The summed E-state index contributed by atoms with van der Waals surface area (Å²) in [5.41, 5.74) is 0.955. The molecule has 3 rings (SSSR count). The van der Waals surface area contributed by atoms with Crippen LogP contribution in [0.5, 0.6) is 0 Å². The van der Waals surface area contributed by atoms with Crippen LogP contribution in [0.25, 0.3) is 0 Å². The van der Waals surface area contributed by atoms with Crippen LogP contribution in [-0.2, 0) is 23.4 Å². The lowest BCUT2D eigenvalue weighted by Crippen LogP contribution is -2.38. The minimum absolute atomic E-state index is 0.0582. The van der Waals surface area contributed by atoms with E-state index in [1.165, 1.54) is 0 Å². The van der Waals surface area contributed by atoms with Gasteiger partial charge in [-0.3, -0.25) is 9.69 Å². The Bertz CT molecular complexity index is 692. The molecule has 1 aromatic carbocycles. The average Bonchev–Trinajstić information content (AvgIpc) is 3.22. The molecule has 24 heavy (non-hydrogen) atoms. The van der Waals surface area contributed by atoms with Gasteiger partial charge in [0.15, 0.2) is 5.82 Å². The Balaban J connectivity index is 1.63. The van der Waals surface area contributed by atoms with Crippen molar-refractivity contribution in [2.24, 2.45) is 0 Å². The third-order valence-corrected chi connectivity index (χ3v) is 4.63. The molecule has 1 aliphatic carbocycles. The highest BCUT2D eigenvalue weighted by Gasteiger charge is 2.45. The summed E-state index contributed by atoms with van der Waals surface area (Å²) in [4.78, 5) is 14.6. The largest absolute Gasteiger partial charge is 0.345 e. The van der Waals surface area contributed by atoms with Gasteiger partial charge in [0.1, 0.15) is 6.54 Å². The number of amides is 1. The van der Waals surface area contributed by atoms with Crippen molar-refractivity contribution >= 4 is 5.91 Å². The second kappa shape index (κ2) is 6.68. The van der Waals surface area contributed by atoms with E-state index in [9.17, 15) is 4.79 Å². The highest BCUT2D eigenvalue weighted by atomic mass is 16.2. The topological polar surface area (TPSA) is 75.9 Å². The number of rotatable bonds is 7. The predicted molar refractivity (Wildman–Crippen MR) is 89.9 cm³/mol. The van der Waals surface area contributed by atoms with Crippen molar-refractivity contribution < 1.29 is 4.79 Å². The summed E-state index contributed by atoms with van der Waals surface area (Å²) >= 11 is 0. The SMILES string of the molecule is CC(C)N(C)Cc1nnnn1CC(=O)NC1(c2ccccc2)CC1. The molecule has 1 amide bonds. The molecule has 1 heterocycles. The van der Waals surface area contributed by atoms with Gasteiger partial charge in [0.2, 0.25) is 5.91 Å². The van der Waals surface area contributed by atoms with Crippen LogP contribution in [0.4, 0.5) is 0 Å². The maximum absolute atomic E-state index is 12.5. The minimum atomic E-state index is -0.207. The van der Waals surface area contributed by atoms with Gasteiger partial charge in [-0.05, 0) is 49.7 Å². The molecule has 0 spiro atoms. The highest BCUT2D eigenvalue weighted by molar-refractivity contribution is 5.77. The number of nitrogens with zero attached hydrogens (tertiary/aromatic N) is 5. The van der Waals surface area contributed by atoms with Gasteiger partial charge in [-0.15, -0.1) is 5.10 Å². The Kier molecular flexibility index (Phi) is 4.62. The second-order valence-electron chi connectivity index (χ2n) is 6.76. The molecule has 0 aliphatic heterocycles. The van der Waals surface area contributed by atoms with E-state index in [2.05, 4.69) is 51.7 Å². The van der Waals surface area contributed by atoms with Crippen molar-refractivity contribution in [2.75, 3.05) is 7.05 Å². The Hall–Kier alpha value is -2.28. The van der Waals surface area contributed by atoms with Gasteiger partial charge in [0.05, 0.1) is 12.1 Å². The molecule has 2 aromatic rings. The fraction of sp³-hybridized carbons (Fsp3) is 0.529. The zero-order valence-electron chi connectivity index (χ0n) is 14.4. The van der Waals surface area contributed by atoms with Crippen molar-refractivity contribution in [3.05, 3.63) is 41.7 Å². The van der Waals surface area contributed by atoms with Gasteiger partial charge in [0, 0.05) is 6.04 Å². The normalized spacial score (nSPS) is 15.7.